The first-order valence-electron chi connectivity index (χ1n) is 8.31. The van der Waals surface area contributed by atoms with E-state index < -0.39 is 0 Å². The van der Waals surface area contributed by atoms with Gasteiger partial charge in [0.15, 0.2) is 5.17 Å². The lowest BCUT2D eigenvalue weighted by atomic mass is 9.76. The van der Waals surface area contributed by atoms with Crippen LogP contribution < -0.4 is 10.5 Å². The zero-order valence-corrected chi connectivity index (χ0v) is 14.4. The first-order valence-corrected chi connectivity index (χ1v) is 9.18. The highest BCUT2D eigenvalue weighted by molar-refractivity contribution is 8.15. The summed E-state index contributed by atoms with van der Waals surface area (Å²) in [6, 6.07) is 8.05. The van der Waals surface area contributed by atoms with Crippen LogP contribution in [0.15, 0.2) is 29.3 Å². The fraction of sp³-hybridized carbons (Fsp3) is 0.556. The van der Waals surface area contributed by atoms with Crippen LogP contribution in [-0.4, -0.2) is 22.9 Å². The summed E-state index contributed by atoms with van der Waals surface area (Å²) in [6.07, 6.45) is 7.16. The van der Waals surface area contributed by atoms with Crippen molar-refractivity contribution in [1.29, 1.82) is 0 Å². The molecule has 0 radical (unpaired) electrons. The number of nitrogens with two attached hydrogens (primary N) is 1. The Morgan fingerprint density at radius 3 is 2.57 bits per heavy atom. The molecule has 2 N–H and O–H groups in total. The second kappa shape index (κ2) is 6.95. The number of benzene rings is 1. The maximum atomic E-state index is 11.7. The number of amides is 1. The lowest BCUT2D eigenvalue weighted by Gasteiger charge is -2.33. The number of hydrogen-bond acceptors (Lipinski definition) is 4. The van der Waals surface area contributed by atoms with Crippen LogP contribution in [0.25, 0.3) is 0 Å². The predicted octanol–water partition coefficient (Wildman–Crippen LogP) is 3.54. The molecule has 124 valence electrons. The third kappa shape index (κ3) is 4.28. The van der Waals surface area contributed by atoms with E-state index in [1.54, 1.807) is 0 Å². The van der Waals surface area contributed by atoms with Gasteiger partial charge in [0.1, 0.15) is 5.75 Å². The van der Waals surface area contributed by atoms with Crippen LogP contribution in [0.5, 0.6) is 5.75 Å². The summed E-state index contributed by atoms with van der Waals surface area (Å²) >= 11 is 1.35. The Morgan fingerprint density at radius 2 is 1.96 bits per heavy atom. The van der Waals surface area contributed by atoms with Crippen LogP contribution in [0.3, 0.4) is 0 Å². The van der Waals surface area contributed by atoms with Crippen molar-refractivity contribution in [3.63, 3.8) is 0 Å². The van der Waals surface area contributed by atoms with Crippen molar-refractivity contribution < 1.29 is 9.53 Å². The molecule has 1 atom stereocenters. The van der Waals surface area contributed by atoms with Crippen LogP contribution in [-0.2, 0) is 11.2 Å². The summed E-state index contributed by atoms with van der Waals surface area (Å²) in [5.41, 5.74) is 7.01. The topological polar surface area (TPSA) is 64.7 Å². The fourth-order valence-corrected chi connectivity index (χ4v) is 4.14. The molecule has 0 saturated heterocycles. The van der Waals surface area contributed by atoms with Crippen LogP contribution in [0.2, 0.25) is 0 Å². The van der Waals surface area contributed by atoms with E-state index in [4.69, 9.17) is 10.5 Å². The van der Waals surface area contributed by atoms with E-state index in [2.05, 4.69) is 11.9 Å². The Bertz CT molecular complexity index is 592. The Kier molecular flexibility index (Phi) is 4.95. The lowest BCUT2D eigenvalue weighted by Crippen LogP contribution is -2.27. The van der Waals surface area contributed by atoms with Crippen LogP contribution in [0.4, 0.5) is 0 Å². The summed E-state index contributed by atoms with van der Waals surface area (Å²) in [6.45, 7) is 3.11. The standard InChI is InChI=1S/C18H24N2O2S/c1-18(9-3-2-4-10-18)12-22-14-7-5-13(6-8-14)11-15-16(21)20-17(19)23-15/h5-8,15H,2-4,9-12H2,1H3,(H2,19,20,21)/t15-/m1/s1. The monoisotopic (exact) mass is 332 g/mol. The number of amidine groups is 1. The van der Waals surface area contributed by atoms with Crippen LogP contribution >= 0.6 is 11.8 Å². The Balaban J connectivity index is 1.52. The van der Waals surface area contributed by atoms with E-state index >= 15 is 0 Å². The Labute approximate surface area is 141 Å². The molecule has 0 unspecified atom stereocenters. The molecular formula is C18H24N2O2S. The first kappa shape index (κ1) is 16.4. The molecule has 1 aromatic carbocycles. The van der Waals surface area contributed by atoms with Crippen LogP contribution in [0, 0.1) is 5.41 Å². The number of aliphatic imine (C=N–C) groups is 1. The van der Waals surface area contributed by atoms with Gasteiger partial charge in [-0.25, -0.2) is 0 Å². The molecule has 3 rings (SSSR count). The minimum atomic E-state index is -0.178. The largest absolute Gasteiger partial charge is 0.493 e. The van der Waals surface area contributed by atoms with Crippen LogP contribution in [0.1, 0.15) is 44.6 Å². The van der Waals surface area contributed by atoms with Gasteiger partial charge in [-0.1, -0.05) is 50.1 Å². The van der Waals surface area contributed by atoms with Crippen molar-refractivity contribution in [2.24, 2.45) is 16.1 Å². The minimum Gasteiger partial charge on any atom is -0.493 e. The van der Waals surface area contributed by atoms with E-state index in [1.165, 1.54) is 43.9 Å². The van der Waals surface area contributed by atoms with Crippen molar-refractivity contribution in [2.45, 2.75) is 50.7 Å². The highest BCUT2D eigenvalue weighted by atomic mass is 32.2. The summed E-state index contributed by atoms with van der Waals surface area (Å²) < 4.78 is 6.00. The number of ether oxygens (including phenoxy) is 1. The van der Waals surface area contributed by atoms with E-state index in [9.17, 15) is 4.79 Å². The molecule has 0 bridgehead atoms. The van der Waals surface area contributed by atoms with Gasteiger partial charge in [-0.05, 0) is 37.0 Å². The Hall–Kier alpha value is -1.49. The van der Waals surface area contributed by atoms with Gasteiger partial charge in [-0.2, -0.15) is 4.99 Å². The molecule has 1 aliphatic heterocycles. The second-order valence-electron chi connectivity index (χ2n) is 6.90. The molecule has 23 heavy (non-hydrogen) atoms. The number of carbonyl (C=O) groups excluding carboxylic acids is 1. The average Bonchev–Trinajstić information content (AvgIpc) is 2.85. The summed E-state index contributed by atoms with van der Waals surface area (Å²) in [5.74, 6) is 0.778. The predicted molar refractivity (Wildman–Crippen MR) is 94.8 cm³/mol. The highest BCUT2D eigenvalue weighted by Gasteiger charge is 2.28. The summed E-state index contributed by atoms with van der Waals surface area (Å²) in [7, 11) is 0. The highest BCUT2D eigenvalue weighted by Crippen LogP contribution is 2.36. The molecule has 5 heteroatoms. The lowest BCUT2D eigenvalue weighted by molar-refractivity contribution is -0.117. The van der Waals surface area contributed by atoms with Gasteiger partial charge >= 0.3 is 0 Å². The smallest absolute Gasteiger partial charge is 0.261 e. The van der Waals surface area contributed by atoms with Crippen molar-refractivity contribution in [2.75, 3.05) is 6.61 Å². The van der Waals surface area contributed by atoms with Gasteiger partial charge in [0.2, 0.25) is 0 Å². The van der Waals surface area contributed by atoms with Gasteiger partial charge < -0.3 is 10.5 Å². The van der Waals surface area contributed by atoms with E-state index in [0.717, 1.165) is 17.9 Å². The molecule has 0 aromatic heterocycles. The minimum absolute atomic E-state index is 0.127. The maximum absolute atomic E-state index is 11.7. The number of hydrogen-bond donors (Lipinski definition) is 1. The first-order chi connectivity index (χ1) is 11.0. The fourth-order valence-electron chi connectivity index (χ4n) is 3.28. The van der Waals surface area contributed by atoms with Gasteiger partial charge in [0.05, 0.1) is 11.9 Å². The third-order valence-corrected chi connectivity index (χ3v) is 5.74. The van der Waals surface area contributed by atoms with E-state index in [-0.39, 0.29) is 11.2 Å². The molecule has 4 nitrogen and oxygen atoms in total. The Morgan fingerprint density at radius 1 is 1.26 bits per heavy atom. The molecule has 1 aliphatic carbocycles. The summed E-state index contributed by atoms with van der Waals surface area (Å²) in [5, 5.41) is 0.198. The van der Waals surface area contributed by atoms with Crippen molar-refractivity contribution >= 4 is 22.8 Å². The van der Waals surface area contributed by atoms with Gasteiger partial charge in [0, 0.05) is 5.41 Å². The average molecular weight is 332 g/mol. The molecule has 2 aliphatic rings. The number of nitrogens with zero attached hydrogens (tertiary/aromatic N) is 1. The van der Waals surface area contributed by atoms with Gasteiger partial charge in [-0.15, -0.1) is 0 Å². The molecular weight excluding hydrogens is 308 g/mol. The van der Waals surface area contributed by atoms with Crippen molar-refractivity contribution in [3.05, 3.63) is 29.8 Å². The number of thioether (sulfide) groups is 1. The maximum Gasteiger partial charge on any atom is 0.261 e. The zero-order chi connectivity index (χ0) is 16.3. The van der Waals surface area contributed by atoms with E-state index in [1.807, 2.05) is 24.3 Å². The SMILES string of the molecule is CC1(COc2ccc(C[C@H]3SC(N)=NC3=O)cc2)CCCCC1. The zero-order valence-electron chi connectivity index (χ0n) is 13.6. The number of carbonyl (C=O) groups is 1. The molecule has 1 heterocycles. The summed E-state index contributed by atoms with van der Waals surface area (Å²) in [4.78, 5) is 15.4. The van der Waals surface area contributed by atoms with E-state index in [0.29, 0.717) is 17.0 Å². The van der Waals surface area contributed by atoms with Gasteiger partial charge in [0.25, 0.3) is 5.91 Å². The third-order valence-electron chi connectivity index (χ3n) is 4.75. The van der Waals surface area contributed by atoms with Gasteiger partial charge in [-0.3, -0.25) is 4.79 Å². The molecule has 1 saturated carbocycles. The van der Waals surface area contributed by atoms with Crippen molar-refractivity contribution in [3.8, 4) is 5.75 Å². The molecule has 0 spiro atoms. The molecule has 1 amide bonds. The second-order valence-corrected chi connectivity index (χ2v) is 8.13. The molecule has 1 aromatic rings. The van der Waals surface area contributed by atoms with Crippen molar-refractivity contribution in [1.82, 2.24) is 0 Å². The quantitative estimate of drug-likeness (QED) is 0.896. The number of rotatable bonds is 5. The molecule has 1 fully saturated rings. The normalized spacial score (nSPS) is 23.6.